The molecule has 1 aromatic rings. The van der Waals surface area contributed by atoms with E-state index in [0.29, 0.717) is 37.9 Å². The smallest absolute Gasteiger partial charge is 0.221 e. The van der Waals surface area contributed by atoms with Gasteiger partial charge in [0.05, 0.1) is 5.02 Å². The Hall–Kier alpha value is -1.37. The summed E-state index contributed by atoms with van der Waals surface area (Å²) in [7, 11) is 0. The minimum atomic E-state index is -0.378. The predicted molar refractivity (Wildman–Crippen MR) is 92.8 cm³/mol. The minimum absolute atomic E-state index is 0.00244. The van der Waals surface area contributed by atoms with Crippen molar-refractivity contribution in [2.24, 2.45) is 5.73 Å². The fraction of sp³-hybridized carbons (Fsp3) is 0.588. The Balaban J connectivity index is 1.79. The van der Waals surface area contributed by atoms with Gasteiger partial charge in [0.25, 0.3) is 0 Å². The maximum atomic E-state index is 13.0. The molecule has 1 saturated heterocycles. The summed E-state index contributed by atoms with van der Waals surface area (Å²) in [6.45, 7) is 3.20. The number of hydrogen-bond donors (Lipinski definition) is 2. The molecular formula is C17H25ClFN3O2. The molecule has 24 heavy (non-hydrogen) atoms. The van der Waals surface area contributed by atoms with E-state index in [2.05, 4.69) is 10.2 Å². The van der Waals surface area contributed by atoms with Crippen molar-refractivity contribution >= 4 is 17.5 Å². The first kappa shape index (κ1) is 19.0. The molecule has 1 fully saturated rings. The van der Waals surface area contributed by atoms with E-state index in [0.717, 1.165) is 25.9 Å². The van der Waals surface area contributed by atoms with Crippen LogP contribution < -0.4 is 15.8 Å². The van der Waals surface area contributed by atoms with E-state index in [1.807, 2.05) is 0 Å². The number of benzene rings is 1. The second kappa shape index (κ2) is 9.81. The predicted octanol–water partition coefficient (Wildman–Crippen LogP) is 2.18. The van der Waals surface area contributed by atoms with Crippen LogP contribution in [-0.4, -0.2) is 49.6 Å². The van der Waals surface area contributed by atoms with Crippen LogP contribution in [0.1, 0.15) is 25.7 Å². The van der Waals surface area contributed by atoms with Gasteiger partial charge in [0.2, 0.25) is 5.91 Å². The molecule has 134 valence electrons. The third-order valence-electron chi connectivity index (χ3n) is 4.19. The first-order valence-electron chi connectivity index (χ1n) is 8.39. The van der Waals surface area contributed by atoms with Crippen LogP contribution in [-0.2, 0) is 4.79 Å². The molecule has 3 N–H and O–H groups in total. The molecule has 0 aromatic heterocycles. The van der Waals surface area contributed by atoms with E-state index >= 15 is 0 Å². The summed E-state index contributed by atoms with van der Waals surface area (Å²) in [5.41, 5.74) is 5.39. The average molecular weight is 358 g/mol. The molecule has 0 saturated carbocycles. The van der Waals surface area contributed by atoms with Gasteiger partial charge in [-0.05, 0) is 37.6 Å². The Morgan fingerprint density at radius 1 is 1.46 bits per heavy atom. The van der Waals surface area contributed by atoms with Crippen LogP contribution in [0.15, 0.2) is 18.2 Å². The van der Waals surface area contributed by atoms with Gasteiger partial charge in [-0.2, -0.15) is 0 Å². The van der Waals surface area contributed by atoms with Crippen molar-refractivity contribution < 1.29 is 13.9 Å². The normalized spacial score (nSPS) is 18.4. The van der Waals surface area contributed by atoms with Gasteiger partial charge >= 0.3 is 0 Å². The number of carbonyl (C=O) groups excluding carboxylic acids is 1. The SMILES string of the molecule is NCCC(=O)NCC1CCCCN1CCOc1ccc(F)cc1Cl. The number of ether oxygens (including phenoxy) is 1. The first-order valence-corrected chi connectivity index (χ1v) is 8.76. The molecule has 1 amide bonds. The lowest BCUT2D eigenvalue weighted by atomic mass is 10.0. The van der Waals surface area contributed by atoms with Crippen LogP contribution in [0.2, 0.25) is 5.02 Å². The molecule has 1 aliphatic rings. The van der Waals surface area contributed by atoms with Crippen LogP contribution in [0.25, 0.3) is 0 Å². The van der Waals surface area contributed by atoms with Crippen molar-refractivity contribution in [3.8, 4) is 5.75 Å². The number of nitrogens with zero attached hydrogens (tertiary/aromatic N) is 1. The van der Waals surface area contributed by atoms with Gasteiger partial charge in [-0.25, -0.2) is 4.39 Å². The lowest BCUT2D eigenvalue weighted by Gasteiger charge is -2.35. The average Bonchev–Trinajstić information content (AvgIpc) is 2.56. The van der Waals surface area contributed by atoms with Crippen LogP contribution in [0.4, 0.5) is 4.39 Å². The molecule has 1 heterocycles. The fourth-order valence-corrected chi connectivity index (χ4v) is 3.12. The van der Waals surface area contributed by atoms with E-state index < -0.39 is 0 Å². The Morgan fingerprint density at radius 3 is 3.04 bits per heavy atom. The zero-order valence-electron chi connectivity index (χ0n) is 13.8. The number of likely N-dealkylation sites (tertiary alicyclic amines) is 1. The van der Waals surface area contributed by atoms with E-state index in [4.69, 9.17) is 22.1 Å². The second-order valence-corrected chi connectivity index (χ2v) is 6.36. The summed E-state index contributed by atoms with van der Waals surface area (Å²) >= 11 is 5.96. The molecule has 0 aliphatic carbocycles. The second-order valence-electron chi connectivity index (χ2n) is 5.95. The van der Waals surface area contributed by atoms with Gasteiger partial charge < -0.3 is 15.8 Å². The summed E-state index contributed by atoms with van der Waals surface area (Å²) in [6.07, 6.45) is 3.72. The molecule has 2 rings (SSSR count). The highest BCUT2D eigenvalue weighted by Gasteiger charge is 2.22. The Bertz CT molecular complexity index is 545. The van der Waals surface area contributed by atoms with Crippen LogP contribution in [0.5, 0.6) is 5.75 Å². The summed E-state index contributed by atoms with van der Waals surface area (Å²) < 4.78 is 18.7. The fourth-order valence-electron chi connectivity index (χ4n) is 2.90. The van der Waals surface area contributed by atoms with Crippen molar-refractivity contribution in [3.05, 3.63) is 29.0 Å². The molecule has 7 heteroatoms. The lowest BCUT2D eigenvalue weighted by Crippen LogP contribution is -2.48. The Kier molecular flexibility index (Phi) is 7.75. The van der Waals surface area contributed by atoms with Gasteiger partial charge in [-0.3, -0.25) is 9.69 Å². The number of carbonyl (C=O) groups is 1. The van der Waals surface area contributed by atoms with Gasteiger partial charge in [-0.1, -0.05) is 18.0 Å². The van der Waals surface area contributed by atoms with Gasteiger partial charge in [0.1, 0.15) is 18.2 Å². The van der Waals surface area contributed by atoms with Crippen molar-refractivity contribution in [1.82, 2.24) is 10.2 Å². The van der Waals surface area contributed by atoms with E-state index in [9.17, 15) is 9.18 Å². The zero-order valence-corrected chi connectivity index (χ0v) is 14.5. The van der Waals surface area contributed by atoms with Crippen LogP contribution >= 0.6 is 11.6 Å². The third kappa shape index (κ3) is 5.92. The molecule has 0 bridgehead atoms. The molecule has 0 radical (unpaired) electrons. The molecule has 0 spiro atoms. The molecule has 1 aromatic carbocycles. The lowest BCUT2D eigenvalue weighted by molar-refractivity contribution is -0.121. The summed E-state index contributed by atoms with van der Waals surface area (Å²) in [4.78, 5) is 13.9. The quantitative estimate of drug-likeness (QED) is 0.748. The van der Waals surface area contributed by atoms with Crippen LogP contribution in [0.3, 0.4) is 0 Å². The summed E-state index contributed by atoms with van der Waals surface area (Å²) in [5, 5.41) is 3.22. The first-order chi connectivity index (χ1) is 11.6. The summed E-state index contributed by atoms with van der Waals surface area (Å²) in [5.74, 6) is 0.108. The van der Waals surface area contributed by atoms with E-state index in [-0.39, 0.29) is 16.7 Å². The number of amides is 1. The third-order valence-corrected chi connectivity index (χ3v) is 4.48. The highest BCUT2D eigenvalue weighted by atomic mass is 35.5. The monoisotopic (exact) mass is 357 g/mol. The van der Waals surface area contributed by atoms with Crippen molar-refractivity contribution in [2.75, 3.05) is 32.8 Å². The molecule has 1 aliphatic heterocycles. The number of piperidine rings is 1. The Labute approximate surface area is 147 Å². The maximum absolute atomic E-state index is 13.0. The number of nitrogens with two attached hydrogens (primary N) is 1. The van der Waals surface area contributed by atoms with Crippen molar-refractivity contribution in [3.63, 3.8) is 0 Å². The standard InChI is InChI=1S/C17H25ClFN3O2/c18-15-11-13(19)4-5-16(15)24-10-9-22-8-2-1-3-14(22)12-21-17(23)6-7-20/h4-5,11,14H,1-3,6-10,12,20H2,(H,21,23). The van der Waals surface area contributed by atoms with Crippen LogP contribution in [0, 0.1) is 5.82 Å². The van der Waals surface area contributed by atoms with E-state index in [1.165, 1.54) is 18.6 Å². The van der Waals surface area contributed by atoms with Gasteiger partial charge in [0, 0.05) is 32.1 Å². The maximum Gasteiger partial charge on any atom is 0.221 e. The molecule has 5 nitrogen and oxygen atoms in total. The number of rotatable bonds is 8. The topological polar surface area (TPSA) is 67.6 Å². The number of hydrogen-bond acceptors (Lipinski definition) is 4. The van der Waals surface area contributed by atoms with Gasteiger partial charge in [0.15, 0.2) is 0 Å². The molecule has 1 unspecified atom stereocenters. The van der Waals surface area contributed by atoms with E-state index in [1.54, 1.807) is 6.07 Å². The minimum Gasteiger partial charge on any atom is -0.491 e. The largest absolute Gasteiger partial charge is 0.491 e. The van der Waals surface area contributed by atoms with Crippen molar-refractivity contribution in [2.45, 2.75) is 31.7 Å². The Morgan fingerprint density at radius 2 is 2.29 bits per heavy atom. The molecular weight excluding hydrogens is 333 g/mol. The number of halogens is 2. The summed E-state index contributed by atoms with van der Waals surface area (Å²) in [6, 6.07) is 4.43. The molecule has 1 atom stereocenters. The number of nitrogens with one attached hydrogen (secondary N) is 1. The zero-order chi connectivity index (χ0) is 17.4. The highest BCUT2D eigenvalue weighted by Crippen LogP contribution is 2.25. The van der Waals surface area contributed by atoms with Crippen molar-refractivity contribution in [1.29, 1.82) is 0 Å². The highest BCUT2D eigenvalue weighted by molar-refractivity contribution is 6.32. The van der Waals surface area contributed by atoms with Gasteiger partial charge in [-0.15, -0.1) is 0 Å².